The predicted molar refractivity (Wildman–Crippen MR) is 94.0 cm³/mol. The molecule has 0 unspecified atom stereocenters. The Kier molecular flexibility index (Phi) is 5.54. The summed E-state index contributed by atoms with van der Waals surface area (Å²) in [6.07, 6.45) is 0.928. The van der Waals surface area contributed by atoms with Crippen molar-refractivity contribution in [3.05, 3.63) is 58.0 Å². The highest BCUT2D eigenvalue weighted by atomic mass is 19.1. The topological polar surface area (TPSA) is 85.6 Å². The summed E-state index contributed by atoms with van der Waals surface area (Å²) in [5.74, 6) is -0.961. The molecule has 8 heteroatoms. The Morgan fingerprint density at radius 2 is 2.00 bits per heavy atom. The molecule has 26 heavy (non-hydrogen) atoms. The van der Waals surface area contributed by atoms with Crippen molar-refractivity contribution < 1.29 is 18.8 Å². The highest BCUT2D eigenvalue weighted by Crippen LogP contribution is 2.30. The second kappa shape index (κ2) is 7.47. The van der Waals surface area contributed by atoms with E-state index < -0.39 is 28.1 Å². The maximum Gasteiger partial charge on any atom is 0.410 e. The van der Waals surface area contributed by atoms with Crippen LogP contribution in [-0.2, 0) is 11.3 Å². The normalized spacial score (nSPS) is 11.1. The van der Waals surface area contributed by atoms with E-state index in [0.29, 0.717) is 5.56 Å². The summed E-state index contributed by atoms with van der Waals surface area (Å²) in [6.45, 7) is 5.38. The number of amides is 1. The number of pyridine rings is 1. The summed E-state index contributed by atoms with van der Waals surface area (Å²) in [5, 5.41) is 11.0. The lowest BCUT2D eigenvalue weighted by molar-refractivity contribution is -0.387. The third kappa shape index (κ3) is 4.53. The van der Waals surface area contributed by atoms with Gasteiger partial charge in [-0.15, -0.1) is 0 Å². The van der Waals surface area contributed by atoms with Crippen LogP contribution in [-0.4, -0.2) is 33.5 Å². The number of hydrogen-bond acceptors (Lipinski definition) is 5. The van der Waals surface area contributed by atoms with Gasteiger partial charge in [0.25, 0.3) is 0 Å². The van der Waals surface area contributed by atoms with Crippen LogP contribution in [0.4, 0.5) is 14.9 Å². The summed E-state index contributed by atoms with van der Waals surface area (Å²) >= 11 is 0. The van der Waals surface area contributed by atoms with Gasteiger partial charge in [0, 0.05) is 24.9 Å². The fraction of sp³-hybridized carbons (Fsp3) is 0.333. The molecule has 0 aliphatic heterocycles. The molecule has 0 saturated carbocycles. The van der Waals surface area contributed by atoms with E-state index in [1.54, 1.807) is 40.0 Å². The lowest BCUT2D eigenvalue weighted by Crippen LogP contribution is -2.34. The highest BCUT2D eigenvalue weighted by molar-refractivity contribution is 5.70. The summed E-state index contributed by atoms with van der Waals surface area (Å²) in [7, 11) is 1.55. The lowest BCUT2D eigenvalue weighted by atomic mass is 10.0. The number of nitro groups is 1. The molecule has 0 N–H and O–H groups in total. The van der Waals surface area contributed by atoms with Crippen LogP contribution in [0.1, 0.15) is 26.3 Å². The van der Waals surface area contributed by atoms with Crippen LogP contribution in [0.2, 0.25) is 0 Å². The Hall–Kier alpha value is -3.03. The Morgan fingerprint density at radius 3 is 2.62 bits per heavy atom. The number of nitrogens with zero attached hydrogens (tertiary/aromatic N) is 3. The number of hydrogen-bond donors (Lipinski definition) is 0. The molecule has 7 nitrogen and oxygen atoms in total. The molecule has 138 valence electrons. The maximum atomic E-state index is 14.5. The first-order valence-electron chi connectivity index (χ1n) is 7.91. The van der Waals surface area contributed by atoms with Crippen LogP contribution in [0.25, 0.3) is 11.3 Å². The van der Waals surface area contributed by atoms with Gasteiger partial charge in [-0.25, -0.2) is 4.79 Å². The van der Waals surface area contributed by atoms with E-state index in [1.807, 2.05) is 0 Å². The van der Waals surface area contributed by atoms with Crippen LogP contribution < -0.4 is 0 Å². The standard InChI is InChI=1S/C18H20FN3O4/c1-18(2,3)26-17(23)21(4)11-12-7-6-10-20-16(12)13-8-5-9-14(15(13)19)22(24)25/h5-10H,11H2,1-4H3. The van der Waals surface area contributed by atoms with Crippen molar-refractivity contribution in [2.45, 2.75) is 32.9 Å². The van der Waals surface area contributed by atoms with Crippen molar-refractivity contribution in [3.8, 4) is 11.3 Å². The molecule has 0 saturated heterocycles. The van der Waals surface area contributed by atoms with Gasteiger partial charge in [0.15, 0.2) is 0 Å². The van der Waals surface area contributed by atoms with Crippen molar-refractivity contribution >= 4 is 11.8 Å². The van der Waals surface area contributed by atoms with Gasteiger partial charge in [-0.3, -0.25) is 15.1 Å². The average Bonchev–Trinajstić information content (AvgIpc) is 2.54. The first-order chi connectivity index (χ1) is 12.1. The summed E-state index contributed by atoms with van der Waals surface area (Å²) in [6, 6.07) is 7.24. The molecule has 0 radical (unpaired) electrons. The Balaban J connectivity index is 2.36. The monoisotopic (exact) mass is 361 g/mol. The molecule has 1 aromatic carbocycles. The summed E-state index contributed by atoms with van der Waals surface area (Å²) in [5.41, 5.74) is -0.480. The minimum atomic E-state index is -0.961. The number of benzene rings is 1. The van der Waals surface area contributed by atoms with Crippen molar-refractivity contribution in [1.29, 1.82) is 0 Å². The second-order valence-corrected chi connectivity index (χ2v) is 6.74. The molecular weight excluding hydrogens is 341 g/mol. The van der Waals surface area contributed by atoms with Crippen molar-refractivity contribution in [2.24, 2.45) is 0 Å². The third-order valence-electron chi connectivity index (χ3n) is 3.43. The predicted octanol–water partition coefficient (Wildman–Crippen LogP) is 4.16. The molecule has 0 aliphatic rings. The molecule has 2 aromatic rings. The molecule has 0 fully saturated rings. The van der Waals surface area contributed by atoms with E-state index in [4.69, 9.17) is 4.74 Å². The van der Waals surface area contributed by atoms with Gasteiger partial charge in [-0.1, -0.05) is 12.1 Å². The van der Waals surface area contributed by atoms with E-state index in [0.717, 1.165) is 6.07 Å². The van der Waals surface area contributed by atoms with Crippen molar-refractivity contribution in [1.82, 2.24) is 9.88 Å². The molecule has 2 rings (SSSR count). The van der Waals surface area contributed by atoms with Gasteiger partial charge in [0.1, 0.15) is 5.60 Å². The van der Waals surface area contributed by atoms with Gasteiger partial charge in [-0.2, -0.15) is 4.39 Å². The molecule has 0 spiro atoms. The minimum Gasteiger partial charge on any atom is -0.444 e. The number of aromatic nitrogens is 1. The van der Waals surface area contributed by atoms with Gasteiger partial charge < -0.3 is 9.64 Å². The molecule has 1 heterocycles. The van der Waals surface area contributed by atoms with E-state index in [9.17, 15) is 19.3 Å². The molecule has 1 amide bonds. The minimum absolute atomic E-state index is 0.00684. The smallest absolute Gasteiger partial charge is 0.410 e. The molecule has 0 atom stereocenters. The Labute approximate surface area is 150 Å². The number of halogens is 1. The van der Waals surface area contributed by atoms with Crippen LogP contribution in [0.3, 0.4) is 0 Å². The maximum absolute atomic E-state index is 14.5. The Morgan fingerprint density at radius 1 is 1.31 bits per heavy atom. The lowest BCUT2D eigenvalue weighted by Gasteiger charge is -2.25. The van der Waals surface area contributed by atoms with Crippen LogP contribution in [0.15, 0.2) is 36.5 Å². The van der Waals surface area contributed by atoms with Crippen LogP contribution in [0, 0.1) is 15.9 Å². The van der Waals surface area contributed by atoms with Crippen LogP contribution >= 0.6 is 0 Å². The summed E-state index contributed by atoms with van der Waals surface area (Å²) in [4.78, 5) is 27.8. The fourth-order valence-corrected chi connectivity index (χ4v) is 2.31. The van der Waals surface area contributed by atoms with Gasteiger partial charge in [0.05, 0.1) is 17.2 Å². The van der Waals surface area contributed by atoms with Gasteiger partial charge in [-0.05, 0) is 38.5 Å². The number of nitro benzene ring substituents is 1. The quantitative estimate of drug-likeness (QED) is 0.603. The molecule has 0 aliphatic carbocycles. The Bertz CT molecular complexity index is 833. The zero-order chi connectivity index (χ0) is 19.5. The first kappa shape index (κ1) is 19.3. The largest absolute Gasteiger partial charge is 0.444 e. The highest BCUT2D eigenvalue weighted by Gasteiger charge is 2.23. The zero-order valence-corrected chi connectivity index (χ0v) is 15.0. The van der Waals surface area contributed by atoms with E-state index in [-0.39, 0.29) is 17.8 Å². The van der Waals surface area contributed by atoms with Crippen molar-refractivity contribution in [2.75, 3.05) is 7.05 Å². The number of carbonyl (C=O) groups excluding carboxylic acids is 1. The molecule has 1 aromatic heterocycles. The molecular formula is C18H20FN3O4. The third-order valence-corrected chi connectivity index (χ3v) is 3.43. The zero-order valence-electron chi connectivity index (χ0n) is 15.0. The fourth-order valence-electron chi connectivity index (χ4n) is 2.31. The number of ether oxygens (including phenoxy) is 1. The van der Waals surface area contributed by atoms with Crippen LogP contribution in [0.5, 0.6) is 0 Å². The summed E-state index contributed by atoms with van der Waals surface area (Å²) < 4.78 is 19.8. The SMILES string of the molecule is CN(Cc1cccnc1-c1cccc([N+](=O)[O-])c1F)C(=O)OC(C)(C)C. The van der Waals surface area contributed by atoms with E-state index >= 15 is 0 Å². The van der Waals surface area contributed by atoms with Crippen molar-refractivity contribution in [3.63, 3.8) is 0 Å². The second-order valence-electron chi connectivity index (χ2n) is 6.74. The molecule has 0 bridgehead atoms. The number of rotatable bonds is 4. The first-order valence-corrected chi connectivity index (χ1v) is 7.91. The van der Waals surface area contributed by atoms with Gasteiger partial charge >= 0.3 is 11.8 Å². The van der Waals surface area contributed by atoms with Gasteiger partial charge in [0.2, 0.25) is 5.82 Å². The van der Waals surface area contributed by atoms with E-state index in [2.05, 4.69) is 4.98 Å². The average molecular weight is 361 g/mol. The number of carbonyl (C=O) groups is 1. The van der Waals surface area contributed by atoms with E-state index in [1.165, 1.54) is 23.2 Å².